The van der Waals surface area contributed by atoms with Crippen LogP contribution in [0.15, 0.2) is 71.7 Å². The number of carbonyl (C=O) groups is 5. The molecule has 2 amide bonds. The Morgan fingerprint density at radius 2 is 1.43 bits per heavy atom. The molecule has 0 bridgehead atoms. The second kappa shape index (κ2) is 22.5. The van der Waals surface area contributed by atoms with Crippen LogP contribution in [-0.4, -0.2) is 72.5 Å². The zero-order valence-corrected chi connectivity index (χ0v) is 31.6. The monoisotopic (exact) mass is 744 g/mol. The van der Waals surface area contributed by atoms with Crippen LogP contribution < -0.4 is 39.3 Å². The molecule has 3 aromatic carbocycles. The number of nitrogens with two attached hydrogens (primary N) is 5. The highest BCUT2D eigenvalue weighted by atomic mass is 16.3. The smallest absolute Gasteiger partial charge is 0.224 e. The summed E-state index contributed by atoms with van der Waals surface area (Å²) in [5, 5.41) is 15.6. The van der Waals surface area contributed by atoms with Crippen molar-refractivity contribution in [2.45, 2.75) is 71.4 Å². The van der Waals surface area contributed by atoms with Gasteiger partial charge < -0.3 is 44.4 Å². The number of guanidine groups is 1. The van der Waals surface area contributed by atoms with Gasteiger partial charge in [0.05, 0.1) is 18.0 Å². The number of aliphatic imine (C=N–C) groups is 1. The molecule has 0 heterocycles. The maximum atomic E-state index is 13.7. The largest absolute Gasteiger partial charge is 0.508 e. The lowest BCUT2D eigenvalue weighted by atomic mass is 9.88. The minimum atomic E-state index is -0.949. The van der Waals surface area contributed by atoms with E-state index in [1.165, 1.54) is 6.92 Å². The van der Waals surface area contributed by atoms with Crippen LogP contribution in [0.4, 0.5) is 5.69 Å². The summed E-state index contributed by atoms with van der Waals surface area (Å²) in [5.74, 6) is -3.24. The van der Waals surface area contributed by atoms with Gasteiger partial charge in [-0.15, -0.1) is 0 Å². The number of nitrogens with zero attached hydrogens (tertiary/aromatic N) is 1. The number of Topliss-reactive ketones (excluding diaryl/α,β-unsaturated/α-hetero) is 3. The van der Waals surface area contributed by atoms with Crippen molar-refractivity contribution in [3.63, 3.8) is 0 Å². The molecule has 0 saturated heterocycles. The van der Waals surface area contributed by atoms with Crippen LogP contribution in [0.1, 0.15) is 65.2 Å². The molecule has 54 heavy (non-hydrogen) atoms. The summed E-state index contributed by atoms with van der Waals surface area (Å²) in [7, 11) is 1.66. The van der Waals surface area contributed by atoms with Crippen molar-refractivity contribution in [1.82, 2.24) is 10.6 Å². The van der Waals surface area contributed by atoms with Crippen LogP contribution in [0.5, 0.6) is 5.75 Å². The van der Waals surface area contributed by atoms with Crippen LogP contribution >= 0.6 is 0 Å². The Bertz CT molecular complexity index is 1740. The molecule has 13 N–H and O–H groups in total. The van der Waals surface area contributed by atoms with Crippen LogP contribution in [0.25, 0.3) is 0 Å². The second-order valence-corrected chi connectivity index (χ2v) is 13.4. The van der Waals surface area contributed by atoms with Crippen molar-refractivity contribution >= 4 is 40.8 Å². The van der Waals surface area contributed by atoms with Gasteiger partial charge in [-0.05, 0) is 100 Å². The van der Waals surface area contributed by atoms with Gasteiger partial charge in [-0.1, -0.05) is 42.5 Å². The van der Waals surface area contributed by atoms with Gasteiger partial charge in [0.2, 0.25) is 11.8 Å². The Balaban J connectivity index is 0.000000867. The van der Waals surface area contributed by atoms with Crippen molar-refractivity contribution in [3.05, 3.63) is 94.5 Å². The number of hydrogen-bond acceptors (Lipinski definition) is 10. The van der Waals surface area contributed by atoms with Crippen molar-refractivity contribution < 1.29 is 29.1 Å². The van der Waals surface area contributed by atoms with Crippen LogP contribution in [0.2, 0.25) is 0 Å². The van der Waals surface area contributed by atoms with Crippen LogP contribution in [0, 0.1) is 25.7 Å². The number of anilines is 1. The molecule has 0 spiro atoms. The number of aromatic hydroxyl groups is 1. The minimum Gasteiger partial charge on any atom is -0.508 e. The predicted molar refractivity (Wildman–Crippen MR) is 211 cm³/mol. The topological polar surface area (TPSA) is 272 Å². The number of phenolic OH excluding ortho intramolecular Hbond substituents is 1. The average molecular weight is 745 g/mol. The van der Waals surface area contributed by atoms with E-state index in [0.29, 0.717) is 17.7 Å². The van der Waals surface area contributed by atoms with Gasteiger partial charge in [-0.25, -0.2) is 0 Å². The number of benzene rings is 3. The standard InChI is InChI=1S/C32H47N7O5.C8H9NO/c1-19-12-24(40)13-20(2)25(19)17-26(33)28(41)15-22(10-7-11-38-32(35)36)31(44)39-27(14-21-8-5-4-6-9-21)29(42)16-23(18-37-3)30(34)43;1-6(10)7-4-2-3-5-8(7)9/h4-6,8-9,12-13,22-23,26-27,37,40H,7,10-11,14-18,33H2,1-3H3,(H2,34,43)(H,39,44)(H4,35,36,38);2-5H,9H2,1H3/t22-,23?,26-,27-;/m0./s1. The molecule has 3 aromatic rings. The molecule has 3 rings (SSSR count). The van der Waals surface area contributed by atoms with E-state index in [-0.39, 0.29) is 74.3 Å². The maximum Gasteiger partial charge on any atom is 0.224 e. The molecule has 14 heteroatoms. The zero-order chi connectivity index (χ0) is 40.4. The number of aryl methyl sites for hydroxylation is 2. The molecule has 0 saturated carbocycles. The number of phenols is 1. The molecule has 0 fully saturated rings. The number of rotatable bonds is 20. The van der Waals surface area contributed by atoms with E-state index < -0.39 is 35.7 Å². The molecule has 0 aliphatic carbocycles. The normalized spacial score (nSPS) is 12.9. The van der Waals surface area contributed by atoms with Crippen LogP contribution in [0.3, 0.4) is 0 Å². The van der Waals surface area contributed by atoms with E-state index in [1.54, 1.807) is 37.4 Å². The number of hydrogen-bond donors (Lipinski definition) is 8. The van der Waals surface area contributed by atoms with E-state index >= 15 is 0 Å². The van der Waals surface area contributed by atoms with Gasteiger partial charge in [-0.2, -0.15) is 0 Å². The summed E-state index contributed by atoms with van der Waals surface area (Å²) < 4.78 is 0. The Labute approximate surface area is 317 Å². The van der Waals surface area contributed by atoms with Crippen molar-refractivity contribution in [2.75, 3.05) is 25.9 Å². The van der Waals surface area contributed by atoms with Crippen molar-refractivity contribution in [1.29, 1.82) is 0 Å². The molecule has 0 aliphatic heterocycles. The summed E-state index contributed by atoms with van der Waals surface area (Å²) in [6.07, 6.45) is 0.823. The lowest BCUT2D eigenvalue weighted by Crippen LogP contribution is -2.47. The Morgan fingerprint density at radius 1 is 0.833 bits per heavy atom. The molecule has 292 valence electrons. The first kappa shape index (κ1) is 44.6. The first-order chi connectivity index (χ1) is 25.5. The molecule has 14 nitrogen and oxygen atoms in total. The summed E-state index contributed by atoms with van der Waals surface area (Å²) in [6.45, 7) is 5.65. The van der Waals surface area contributed by atoms with E-state index in [4.69, 9.17) is 28.7 Å². The molecule has 0 aliphatic rings. The van der Waals surface area contributed by atoms with Gasteiger partial charge in [0.15, 0.2) is 23.3 Å². The maximum absolute atomic E-state index is 13.7. The Hall–Kier alpha value is -5.60. The van der Waals surface area contributed by atoms with Gasteiger partial charge in [-0.3, -0.25) is 29.0 Å². The number of carbonyl (C=O) groups excluding carboxylic acids is 5. The summed E-state index contributed by atoms with van der Waals surface area (Å²) >= 11 is 0. The van der Waals surface area contributed by atoms with Crippen LogP contribution in [-0.2, 0) is 32.0 Å². The van der Waals surface area contributed by atoms with Gasteiger partial charge >= 0.3 is 0 Å². The minimum absolute atomic E-state index is 0.0121. The number of amides is 2. The highest BCUT2D eigenvalue weighted by molar-refractivity contribution is 5.99. The number of ketones is 3. The third kappa shape index (κ3) is 15.2. The first-order valence-corrected chi connectivity index (χ1v) is 17.8. The van der Waals surface area contributed by atoms with E-state index in [1.807, 2.05) is 50.2 Å². The third-order valence-corrected chi connectivity index (χ3v) is 8.97. The number of para-hydroxylation sites is 1. The van der Waals surface area contributed by atoms with E-state index in [2.05, 4.69) is 15.6 Å². The highest BCUT2D eigenvalue weighted by Crippen LogP contribution is 2.23. The molecule has 0 radical (unpaired) electrons. The predicted octanol–water partition coefficient (Wildman–Crippen LogP) is 1.99. The van der Waals surface area contributed by atoms with Crippen molar-refractivity contribution in [3.8, 4) is 5.75 Å². The summed E-state index contributed by atoms with van der Waals surface area (Å²) in [5.41, 5.74) is 32.7. The van der Waals surface area contributed by atoms with E-state index in [0.717, 1.165) is 22.3 Å². The van der Waals surface area contributed by atoms with E-state index in [9.17, 15) is 29.1 Å². The summed E-state index contributed by atoms with van der Waals surface area (Å²) in [4.78, 5) is 67.2. The number of nitrogens with one attached hydrogen (secondary N) is 2. The summed E-state index contributed by atoms with van der Waals surface area (Å²) in [6, 6.07) is 17.6. The Morgan fingerprint density at radius 3 is 1.96 bits per heavy atom. The fourth-order valence-electron chi connectivity index (χ4n) is 6.00. The fourth-order valence-corrected chi connectivity index (χ4v) is 6.00. The quantitative estimate of drug-likeness (QED) is 0.0272. The van der Waals surface area contributed by atoms with Crippen molar-refractivity contribution in [2.24, 2.45) is 39.8 Å². The molecular formula is C40H56N8O6. The molecule has 0 aromatic heterocycles. The number of primary amides is 1. The zero-order valence-electron chi connectivity index (χ0n) is 31.6. The number of nitrogen functional groups attached to an aromatic ring is 1. The molecule has 1 unspecified atom stereocenters. The lowest BCUT2D eigenvalue weighted by Gasteiger charge is -2.24. The van der Waals surface area contributed by atoms with Gasteiger partial charge in [0.1, 0.15) is 5.75 Å². The third-order valence-electron chi connectivity index (χ3n) is 8.97. The molecule has 4 atom stereocenters. The van der Waals surface area contributed by atoms with Gasteiger partial charge in [0, 0.05) is 43.1 Å². The average Bonchev–Trinajstić information content (AvgIpc) is 3.10. The Kier molecular flexibility index (Phi) is 18.5. The fraction of sp³-hybridized carbons (Fsp3) is 0.400. The lowest BCUT2D eigenvalue weighted by molar-refractivity contribution is -0.133. The van der Waals surface area contributed by atoms with Gasteiger partial charge in [0.25, 0.3) is 0 Å². The second-order valence-electron chi connectivity index (χ2n) is 13.4. The first-order valence-electron chi connectivity index (χ1n) is 17.8. The SMILES string of the molecule is CC(=O)c1ccccc1N.CNCC(CC(=O)[C@H](Cc1ccccc1)NC(=O)[C@@H](CCCN=C(N)N)CC(=O)[C@@H](N)Cc1c(C)cc(O)cc1C)C(N)=O. The highest BCUT2D eigenvalue weighted by Gasteiger charge is 2.31. The molecular weight excluding hydrogens is 688 g/mol.